The molecule has 2 heteroatoms. The maximum Gasteiger partial charge on any atom is 0.0486 e. The highest BCUT2D eigenvalue weighted by molar-refractivity contribution is 5.73. The standard InChI is InChI=1S/C16H26N2/c1-8-17-15-10-14(11(3)4)12(5)16(13(15)6)18(7)9-2/h9-11,17H,2,8H2,1,3-7H3. The first-order valence-corrected chi connectivity index (χ1v) is 6.67. The van der Waals surface area contributed by atoms with Gasteiger partial charge in [0.05, 0.1) is 0 Å². The van der Waals surface area contributed by atoms with E-state index in [2.05, 4.69) is 64.5 Å². The summed E-state index contributed by atoms with van der Waals surface area (Å²) in [6.07, 6.45) is 1.87. The molecular weight excluding hydrogens is 220 g/mol. The van der Waals surface area contributed by atoms with Crippen molar-refractivity contribution in [3.8, 4) is 0 Å². The molecule has 0 radical (unpaired) electrons. The van der Waals surface area contributed by atoms with Gasteiger partial charge in [-0.2, -0.15) is 0 Å². The number of nitrogens with zero attached hydrogens (tertiary/aromatic N) is 1. The van der Waals surface area contributed by atoms with Crippen molar-refractivity contribution in [3.05, 3.63) is 35.5 Å². The normalized spacial score (nSPS) is 10.6. The van der Waals surface area contributed by atoms with Crippen molar-refractivity contribution in [1.29, 1.82) is 0 Å². The van der Waals surface area contributed by atoms with Crippen LogP contribution in [0.5, 0.6) is 0 Å². The van der Waals surface area contributed by atoms with E-state index in [1.165, 1.54) is 28.1 Å². The number of rotatable bonds is 5. The average molecular weight is 246 g/mol. The van der Waals surface area contributed by atoms with Crippen LogP contribution < -0.4 is 10.2 Å². The number of hydrogen-bond acceptors (Lipinski definition) is 2. The van der Waals surface area contributed by atoms with Gasteiger partial charge in [0.25, 0.3) is 0 Å². The van der Waals surface area contributed by atoms with Crippen molar-refractivity contribution in [1.82, 2.24) is 0 Å². The first-order valence-electron chi connectivity index (χ1n) is 6.67. The SMILES string of the molecule is C=CN(C)c1c(C)c(NCC)cc(C(C)C)c1C. The zero-order valence-electron chi connectivity index (χ0n) is 12.6. The predicted octanol–water partition coefficient (Wildman–Crippen LogP) is 4.44. The summed E-state index contributed by atoms with van der Waals surface area (Å²) in [6.45, 7) is 15.8. The van der Waals surface area contributed by atoms with Crippen LogP contribution in [-0.4, -0.2) is 13.6 Å². The van der Waals surface area contributed by atoms with Gasteiger partial charge in [-0.05, 0) is 55.6 Å². The van der Waals surface area contributed by atoms with E-state index in [-0.39, 0.29) is 0 Å². The molecule has 1 N–H and O–H groups in total. The summed E-state index contributed by atoms with van der Waals surface area (Å²) in [7, 11) is 2.06. The third kappa shape index (κ3) is 2.69. The quantitative estimate of drug-likeness (QED) is 0.826. The van der Waals surface area contributed by atoms with Gasteiger partial charge in [-0.3, -0.25) is 0 Å². The fourth-order valence-corrected chi connectivity index (χ4v) is 2.51. The lowest BCUT2D eigenvalue weighted by atomic mass is 9.92. The van der Waals surface area contributed by atoms with Crippen LogP contribution in [0.15, 0.2) is 18.8 Å². The van der Waals surface area contributed by atoms with E-state index in [4.69, 9.17) is 0 Å². The lowest BCUT2D eigenvalue weighted by molar-refractivity contribution is 0.854. The summed E-state index contributed by atoms with van der Waals surface area (Å²) < 4.78 is 0. The molecule has 0 bridgehead atoms. The van der Waals surface area contributed by atoms with Crippen molar-refractivity contribution in [2.24, 2.45) is 0 Å². The van der Waals surface area contributed by atoms with E-state index in [1.54, 1.807) is 0 Å². The number of nitrogens with one attached hydrogen (secondary N) is 1. The Morgan fingerprint density at radius 2 is 1.94 bits per heavy atom. The molecule has 0 amide bonds. The molecule has 1 rings (SSSR count). The second-order valence-electron chi connectivity index (χ2n) is 5.09. The molecule has 0 spiro atoms. The minimum absolute atomic E-state index is 0.528. The van der Waals surface area contributed by atoms with Gasteiger partial charge < -0.3 is 10.2 Å². The molecule has 0 fully saturated rings. The fraction of sp³-hybridized carbons (Fsp3) is 0.500. The van der Waals surface area contributed by atoms with Crippen LogP contribution in [0.25, 0.3) is 0 Å². The monoisotopic (exact) mass is 246 g/mol. The van der Waals surface area contributed by atoms with Crippen LogP contribution in [0.3, 0.4) is 0 Å². The van der Waals surface area contributed by atoms with Crippen LogP contribution in [0.4, 0.5) is 11.4 Å². The zero-order chi connectivity index (χ0) is 13.9. The van der Waals surface area contributed by atoms with Crippen LogP contribution >= 0.6 is 0 Å². The molecule has 0 aromatic heterocycles. The number of benzene rings is 1. The fourth-order valence-electron chi connectivity index (χ4n) is 2.51. The molecule has 0 atom stereocenters. The van der Waals surface area contributed by atoms with Crippen LogP contribution in [-0.2, 0) is 0 Å². The Kier molecular flexibility index (Phi) is 4.83. The molecule has 0 heterocycles. The summed E-state index contributed by atoms with van der Waals surface area (Å²) in [5, 5.41) is 3.46. The average Bonchev–Trinajstić information content (AvgIpc) is 2.32. The van der Waals surface area contributed by atoms with E-state index in [0.717, 1.165) is 6.54 Å². The Morgan fingerprint density at radius 1 is 1.33 bits per heavy atom. The third-order valence-corrected chi connectivity index (χ3v) is 3.46. The molecule has 0 aliphatic heterocycles. The van der Waals surface area contributed by atoms with Gasteiger partial charge >= 0.3 is 0 Å². The Hall–Kier alpha value is -1.44. The van der Waals surface area contributed by atoms with Crippen LogP contribution in [0.2, 0.25) is 0 Å². The zero-order valence-corrected chi connectivity index (χ0v) is 12.6. The van der Waals surface area contributed by atoms with Gasteiger partial charge in [-0.25, -0.2) is 0 Å². The third-order valence-electron chi connectivity index (χ3n) is 3.46. The Labute approximate surface area is 112 Å². The van der Waals surface area contributed by atoms with Crippen molar-refractivity contribution < 1.29 is 0 Å². The summed E-state index contributed by atoms with van der Waals surface area (Å²) >= 11 is 0. The molecule has 1 aromatic rings. The second-order valence-corrected chi connectivity index (χ2v) is 5.09. The Balaban J connectivity index is 3.50. The summed E-state index contributed by atoms with van der Waals surface area (Å²) in [5.41, 5.74) is 6.55. The Bertz CT molecular complexity index is 433. The summed E-state index contributed by atoms with van der Waals surface area (Å²) in [5.74, 6) is 0.528. The molecule has 0 aliphatic carbocycles. The van der Waals surface area contributed by atoms with E-state index >= 15 is 0 Å². The number of anilines is 2. The summed E-state index contributed by atoms with van der Waals surface area (Å²) in [6, 6.07) is 2.29. The van der Waals surface area contributed by atoms with Crippen molar-refractivity contribution in [2.45, 2.75) is 40.5 Å². The molecule has 0 saturated heterocycles. The maximum absolute atomic E-state index is 3.87. The highest BCUT2D eigenvalue weighted by Gasteiger charge is 2.15. The minimum atomic E-state index is 0.528. The van der Waals surface area contributed by atoms with Gasteiger partial charge in [-0.15, -0.1) is 0 Å². The van der Waals surface area contributed by atoms with E-state index < -0.39 is 0 Å². The smallest absolute Gasteiger partial charge is 0.0486 e. The molecular formula is C16H26N2. The van der Waals surface area contributed by atoms with Crippen molar-refractivity contribution in [3.63, 3.8) is 0 Å². The van der Waals surface area contributed by atoms with Gasteiger partial charge in [0, 0.05) is 25.0 Å². The second kappa shape index (κ2) is 5.94. The largest absolute Gasteiger partial charge is 0.385 e. The first kappa shape index (κ1) is 14.6. The van der Waals surface area contributed by atoms with Crippen molar-refractivity contribution in [2.75, 3.05) is 23.8 Å². The minimum Gasteiger partial charge on any atom is -0.385 e. The lowest BCUT2D eigenvalue weighted by Gasteiger charge is -2.25. The van der Waals surface area contributed by atoms with Gasteiger partial charge in [0.1, 0.15) is 0 Å². The predicted molar refractivity (Wildman–Crippen MR) is 82.8 cm³/mol. The number of hydrogen-bond donors (Lipinski definition) is 1. The molecule has 0 unspecified atom stereocenters. The topological polar surface area (TPSA) is 15.3 Å². The van der Waals surface area contributed by atoms with E-state index in [0.29, 0.717) is 5.92 Å². The van der Waals surface area contributed by atoms with Gasteiger partial charge in [0.2, 0.25) is 0 Å². The van der Waals surface area contributed by atoms with Crippen molar-refractivity contribution >= 4 is 11.4 Å². The first-order chi connectivity index (χ1) is 8.43. The molecule has 2 nitrogen and oxygen atoms in total. The molecule has 100 valence electrons. The van der Waals surface area contributed by atoms with Gasteiger partial charge in [-0.1, -0.05) is 20.4 Å². The van der Waals surface area contributed by atoms with E-state index in [9.17, 15) is 0 Å². The van der Waals surface area contributed by atoms with Crippen LogP contribution in [0.1, 0.15) is 43.4 Å². The lowest BCUT2D eigenvalue weighted by Crippen LogP contribution is -2.14. The molecule has 1 aromatic carbocycles. The molecule has 0 saturated carbocycles. The van der Waals surface area contributed by atoms with Gasteiger partial charge in [0.15, 0.2) is 0 Å². The maximum atomic E-state index is 3.87. The molecule has 18 heavy (non-hydrogen) atoms. The summed E-state index contributed by atoms with van der Waals surface area (Å²) in [4.78, 5) is 2.11. The highest BCUT2D eigenvalue weighted by atomic mass is 15.1. The highest BCUT2D eigenvalue weighted by Crippen LogP contribution is 2.36. The van der Waals surface area contributed by atoms with Crippen LogP contribution in [0, 0.1) is 13.8 Å². The van der Waals surface area contributed by atoms with E-state index in [1.807, 2.05) is 6.20 Å². The molecule has 0 aliphatic rings. The Morgan fingerprint density at radius 3 is 2.39 bits per heavy atom.